The predicted molar refractivity (Wildman–Crippen MR) is 59.5 cm³/mol. The summed E-state index contributed by atoms with van der Waals surface area (Å²) in [6, 6.07) is 0. The van der Waals surface area contributed by atoms with E-state index in [4.69, 9.17) is 0 Å². The molecule has 0 spiro atoms. The van der Waals surface area contributed by atoms with Gasteiger partial charge in [-0.15, -0.1) is 0 Å². The average Bonchev–Trinajstić information content (AvgIpc) is 2.35. The minimum Gasteiger partial charge on any atom is -0.468 e. The average molecular weight is 300 g/mol. The van der Waals surface area contributed by atoms with Crippen molar-refractivity contribution in [2.24, 2.45) is 0 Å². The van der Waals surface area contributed by atoms with Gasteiger partial charge in [0.2, 0.25) is 5.91 Å². The lowest BCUT2D eigenvalue weighted by Crippen LogP contribution is -2.44. The van der Waals surface area contributed by atoms with Crippen molar-refractivity contribution in [2.75, 3.05) is 40.4 Å². The van der Waals surface area contributed by atoms with Gasteiger partial charge in [-0.05, 0) is 0 Å². The summed E-state index contributed by atoms with van der Waals surface area (Å²) in [5, 5.41) is 1.63. The molecule has 0 bridgehead atoms. The van der Waals surface area contributed by atoms with Gasteiger partial charge in [-0.25, -0.2) is 0 Å². The zero-order valence-electron chi connectivity index (χ0n) is 11.0. The van der Waals surface area contributed by atoms with E-state index in [-0.39, 0.29) is 0 Å². The Kier molecular flexibility index (Phi) is 7.59. The minimum absolute atomic E-state index is 0.426. The highest BCUT2D eigenvalue weighted by molar-refractivity contribution is 5.81. The van der Waals surface area contributed by atoms with E-state index in [0.29, 0.717) is 0 Å². The first-order chi connectivity index (χ1) is 9.17. The molecule has 1 N–H and O–H groups in total. The van der Waals surface area contributed by atoms with Crippen molar-refractivity contribution < 1.29 is 37.0 Å². The molecule has 0 unspecified atom stereocenters. The van der Waals surface area contributed by atoms with E-state index in [0.717, 1.165) is 19.1 Å². The Morgan fingerprint density at radius 2 is 1.45 bits per heavy atom. The molecule has 0 fully saturated rings. The van der Waals surface area contributed by atoms with Gasteiger partial charge in [-0.2, -0.15) is 13.2 Å². The zero-order chi connectivity index (χ0) is 15.8. The van der Waals surface area contributed by atoms with Crippen LogP contribution in [0.3, 0.4) is 0 Å². The molecule has 0 aliphatic heterocycles. The van der Waals surface area contributed by atoms with Crippen LogP contribution in [-0.4, -0.2) is 69.3 Å². The number of carbonyl (C=O) groups excluding carboxylic acids is 3. The van der Waals surface area contributed by atoms with Crippen LogP contribution in [-0.2, 0) is 23.9 Å². The number of halogens is 3. The van der Waals surface area contributed by atoms with Gasteiger partial charge >= 0.3 is 18.1 Å². The molecule has 0 aromatic heterocycles. The quantitative estimate of drug-likeness (QED) is 0.627. The molecule has 0 aliphatic rings. The number of rotatable bonds is 7. The highest BCUT2D eigenvalue weighted by Gasteiger charge is 2.28. The number of nitrogens with one attached hydrogen (secondary N) is 1. The van der Waals surface area contributed by atoms with Crippen molar-refractivity contribution in [3.63, 3.8) is 0 Å². The van der Waals surface area contributed by atoms with E-state index in [1.807, 2.05) is 0 Å². The van der Waals surface area contributed by atoms with Crippen LogP contribution in [0.4, 0.5) is 13.2 Å². The predicted octanol–water partition coefficient (Wildman–Crippen LogP) is -0.687. The topological polar surface area (TPSA) is 84.9 Å². The molecular formula is C10H15F3N2O5. The monoisotopic (exact) mass is 300 g/mol. The molecule has 10 heteroatoms. The molecule has 0 saturated heterocycles. The van der Waals surface area contributed by atoms with Gasteiger partial charge in [-0.3, -0.25) is 19.3 Å². The SMILES string of the molecule is COC(=O)CN(CC(=O)NCC(F)(F)F)CC(=O)OC. The Morgan fingerprint density at radius 3 is 1.80 bits per heavy atom. The standard InChI is InChI=1S/C10H15F3N2O5/c1-19-8(17)4-15(5-9(18)20-2)3-7(16)14-6-10(11,12)13/h3-6H2,1-2H3,(H,14,16). The summed E-state index contributed by atoms with van der Waals surface area (Å²) in [6.45, 7) is -2.91. The Bertz CT molecular complexity index is 341. The summed E-state index contributed by atoms with van der Waals surface area (Å²) in [5.41, 5.74) is 0. The van der Waals surface area contributed by atoms with Gasteiger partial charge in [0.05, 0.1) is 33.9 Å². The van der Waals surface area contributed by atoms with E-state index in [1.54, 1.807) is 5.32 Å². The molecule has 1 amide bonds. The van der Waals surface area contributed by atoms with E-state index in [2.05, 4.69) is 9.47 Å². The molecule has 0 heterocycles. The fourth-order valence-corrected chi connectivity index (χ4v) is 1.12. The Balaban J connectivity index is 4.43. The second kappa shape index (κ2) is 8.35. The minimum atomic E-state index is -4.54. The van der Waals surface area contributed by atoms with Crippen LogP contribution in [0.5, 0.6) is 0 Å². The van der Waals surface area contributed by atoms with Crippen LogP contribution in [0.2, 0.25) is 0 Å². The maximum absolute atomic E-state index is 11.9. The number of methoxy groups -OCH3 is 2. The molecule has 0 aromatic carbocycles. The maximum atomic E-state index is 11.9. The maximum Gasteiger partial charge on any atom is 0.405 e. The summed E-state index contributed by atoms with van der Waals surface area (Å²) >= 11 is 0. The van der Waals surface area contributed by atoms with Crippen molar-refractivity contribution in [2.45, 2.75) is 6.18 Å². The van der Waals surface area contributed by atoms with Crippen LogP contribution in [0.25, 0.3) is 0 Å². The van der Waals surface area contributed by atoms with Crippen LogP contribution in [0, 0.1) is 0 Å². The van der Waals surface area contributed by atoms with Gasteiger partial charge in [0.25, 0.3) is 0 Å². The number of carbonyl (C=O) groups is 3. The van der Waals surface area contributed by atoms with Crippen LogP contribution in [0.1, 0.15) is 0 Å². The van der Waals surface area contributed by atoms with Crippen molar-refractivity contribution in [1.82, 2.24) is 10.2 Å². The second-order valence-corrected chi connectivity index (χ2v) is 3.69. The number of nitrogens with zero attached hydrogens (tertiary/aromatic N) is 1. The highest BCUT2D eigenvalue weighted by Crippen LogP contribution is 2.11. The molecule has 0 saturated carbocycles. The summed E-state index contributed by atoms with van der Waals surface area (Å²) < 4.78 is 44.4. The van der Waals surface area contributed by atoms with Crippen LogP contribution in [0.15, 0.2) is 0 Å². The molecular weight excluding hydrogens is 285 g/mol. The summed E-state index contributed by atoms with van der Waals surface area (Å²) in [5.74, 6) is -2.45. The van der Waals surface area contributed by atoms with E-state index in [1.165, 1.54) is 0 Å². The third kappa shape index (κ3) is 9.14. The number of alkyl halides is 3. The van der Waals surface area contributed by atoms with Gasteiger partial charge in [0.15, 0.2) is 0 Å². The first-order valence-electron chi connectivity index (χ1n) is 5.37. The summed E-state index contributed by atoms with van der Waals surface area (Å²) in [6.07, 6.45) is -4.54. The lowest BCUT2D eigenvalue weighted by molar-refractivity contribution is -0.147. The molecule has 7 nitrogen and oxygen atoms in total. The van der Waals surface area contributed by atoms with Crippen molar-refractivity contribution >= 4 is 17.8 Å². The number of hydrogen-bond acceptors (Lipinski definition) is 6. The first kappa shape index (κ1) is 18.2. The first-order valence-corrected chi connectivity index (χ1v) is 5.37. The highest BCUT2D eigenvalue weighted by atomic mass is 19.4. The largest absolute Gasteiger partial charge is 0.468 e. The smallest absolute Gasteiger partial charge is 0.405 e. The van der Waals surface area contributed by atoms with Crippen LogP contribution >= 0.6 is 0 Å². The third-order valence-corrected chi connectivity index (χ3v) is 2.01. The Hall–Kier alpha value is -1.84. The molecule has 0 aromatic rings. The number of ether oxygens (including phenoxy) is 2. The molecule has 20 heavy (non-hydrogen) atoms. The zero-order valence-corrected chi connectivity index (χ0v) is 11.0. The number of hydrogen-bond donors (Lipinski definition) is 1. The third-order valence-electron chi connectivity index (χ3n) is 2.01. The number of amides is 1. The Labute approximate surface area is 113 Å². The van der Waals surface area contributed by atoms with Crippen molar-refractivity contribution in [3.8, 4) is 0 Å². The summed E-state index contributed by atoms with van der Waals surface area (Å²) in [4.78, 5) is 34.4. The molecule has 0 aliphatic carbocycles. The van der Waals surface area contributed by atoms with Gasteiger partial charge in [-0.1, -0.05) is 0 Å². The molecule has 0 radical (unpaired) electrons. The van der Waals surface area contributed by atoms with Crippen molar-refractivity contribution in [3.05, 3.63) is 0 Å². The fraction of sp³-hybridized carbons (Fsp3) is 0.700. The molecule has 0 atom stereocenters. The molecule has 116 valence electrons. The van der Waals surface area contributed by atoms with Crippen molar-refractivity contribution in [1.29, 1.82) is 0 Å². The van der Waals surface area contributed by atoms with E-state index >= 15 is 0 Å². The van der Waals surface area contributed by atoms with Gasteiger partial charge in [0, 0.05) is 0 Å². The second-order valence-electron chi connectivity index (χ2n) is 3.69. The Morgan fingerprint density at radius 1 is 1.00 bits per heavy atom. The van der Waals surface area contributed by atoms with E-state index in [9.17, 15) is 27.6 Å². The summed E-state index contributed by atoms with van der Waals surface area (Å²) in [7, 11) is 2.20. The van der Waals surface area contributed by atoms with Gasteiger partial charge < -0.3 is 14.8 Å². The lowest BCUT2D eigenvalue weighted by atomic mass is 10.4. The molecule has 0 rings (SSSR count). The number of esters is 2. The fourth-order valence-electron chi connectivity index (χ4n) is 1.12. The lowest BCUT2D eigenvalue weighted by Gasteiger charge is -2.19. The van der Waals surface area contributed by atoms with Gasteiger partial charge in [0.1, 0.15) is 6.54 Å². The van der Waals surface area contributed by atoms with E-state index < -0.39 is 50.2 Å². The van der Waals surface area contributed by atoms with Crippen LogP contribution < -0.4 is 5.32 Å². The normalized spacial score (nSPS) is 11.1.